The Kier molecular flexibility index (Phi) is 6.33. The summed E-state index contributed by atoms with van der Waals surface area (Å²) in [6.45, 7) is 1.92. The molecule has 1 aromatic heterocycles. The average Bonchev–Trinajstić information content (AvgIpc) is 3.42. The van der Waals surface area contributed by atoms with Crippen molar-refractivity contribution in [3.8, 4) is 23.0 Å². The van der Waals surface area contributed by atoms with Gasteiger partial charge >= 0.3 is 0 Å². The third-order valence-corrected chi connectivity index (χ3v) is 6.56. The number of aromatic amines is 1. The van der Waals surface area contributed by atoms with E-state index < -0.39 is 0 Å². The monoisotopic (exact) mass is 489 g/mol. The minimum Gasteiger partial charge on any atom is -0.497 e. The number of nitrogens with zero attached hydrogens (tertiary/aromatic N) is 1. The van der Waals surface area contributed by atoms with Crippen LogP contribution in [0.4, 0.5) is 4.79 Å². The van der Waals surface area contributed by atoms with Crippen molar-refractivity contribution in [3.63, 3.8) is 0 Å². The van der Waals surface area contributed by atoms with E-state index in [4.69, 9.17) is 14.2 Å². The average molecular weight is 490 g/mol. The third kappa shape index (κ3) is 5.25. The number of aromatic nitrogens is 2. The second kappa shape index (κ2) is 9.71. The van der Waals surface area contributed by atoms with E-state index in [1.807, 2.05) is 73.7 Å². The van der Waals surface area contributed by atoms with E-state index in [0.717, 1.165) is 34.1 Å². The number of fused-ring (bicyclic) bond motifs is 1. The van der Waals surface area contributed by atoms with Gasteiger partial charge in [-0.3, -0.25) is 14.9 Å². The zero-order valence-electron chi connectivity index (χ0n) is 19.1. The number of methoxy groups -OCH3 is 1. The molecule has 0 spiro atoms. The second-order valence-electron chi connectivity index (χ2n) is 8.07. The quantitative estimate of drug-likeness (QED) is 0.342. The Balaban J connectivity index is 1.23. The number of amides is 2. The largest absolute Gasteiger partial charge is 0.497 e. The highest BCUT2D eigenvalue weighted by atomic mass is 32.2. The lowest BCUT2D eigenvalue weighted by atomic mass is 10.1. The maximum absolute atomic E-state index is 11.8. The van der Waals surface area contributed by atoms with Gasteiger partial charge in [-0.15, -0.1) is 0 Å². The van der Waals surface area contributed by atoms with Gasteiger partial charge in [0, 0.05) is 6.07 Å². The Hall–Kier alpha value is -3.98. The first-order valence-electron chi connectivity index (χ1n) is 11.1. The smallest absolute Gasteiger partial charge is 0.286 e. The van der Waals surface area contributed by atoms with Gasteiger partial charge in [-0.05, 0) is 67.4 Å². The van der Waals surface area contributed by atoms with Crippen LogP contribution < -0.4 is 19.5 Å². The molecular weight excluding hydrogens is 466 g/mol. The van der Waals surface area contributed by atoms with E-state index in [1.165, 1.54) is 0 Å². The Morgan fingerprint density at radius 1 is 0.943 bits per heavy atom. The van der Waals surface area contributed by atoms with E-state index in [1.54, 1.807) is 7.11 Å². The van der Waals surface area contributed by atoms with Crippen LogP contribution in [0.1, 0.15) is 24.4 Å². The number of carbonyl (C=O) groups excluding carboxylic acids is 2. The number of nitrogens with one attached hydrogen (secondary N) is 2. The summed E-state index contributed by atoms with van der Waals surface area (Å²) in [5.41, 5.74) is 2.62. The van der Waals surface area contributed by atoms with Crippen molar-refractivity contribution in [2.24, 2.45) is 0 Å². The summed E-state index contributed by atoms with van der Waals surface area (Å²) in [5.74, 6) is 3.32. The maximum atomic E-state index is 11.8. The number of imidazole rings is 1. The summed E-state index contributed by atoms with van der Waals surface area (Å²) in [6.07, 6.45) is 0.177. The van der Waals surface area contributed by atoms with Crippen LogP contribution in [0.5, 0.6) is 23.0 Å². The van der Waals surface area contributed by atoms with Crippen LogP contribution in [0.15, 0.2) is 66.7 Å². The molecule has 1 saturated heterocycles. The van der Waals surface area contributed by atoms with Crippen LogP contribution >= 0.6 is 11.8 Å². The van der Waals surface area contributed by atoms with Gasteiger partial charge in [0.1, 0.15) is 28.8 Å². The third-order valence-electron chi connectivity index (χ3n) is 5.58. The number of ether oxygens (including phenoxy) is 3. The predicted octanol–water partition coefficient (Wildman–Crippen LogP) is 5.40. The van der Waals surface area contributed by atoms with Gasteiger partial charge < -0.3 is 19.2 Å². The zero-order chi connectivity index (χ0) is 24.4. The highest BCUT2D eigenvalue weighted by Crippen LogP contribution is 2.29. The van der Waals surface area contributed by atoms with Gasteiger partial charge in [-0.2, -0.15) is 0 Å². The van der Waals surface area contributed by atoms with E-state index >= 15 is 0 Å². The fourth-order valence-electron chi connectivity index (χ4n) is 3.75. The molecule has 4 aromatic rings. The number of hydrogen-bond acceptors (Lipinski definition) is 7. The van der Waals surface area contributed by atoms with Crippen LogP contribution in [0.3, 0.4) is 0 Å². The number of thioether (sulfide) groups is 1. The summed E-state index contributed by atoms with van der Waals surface area (Å²) >= 11 is 1.03. The molecular formula is C26H23N3O5S. The van der Waals surface area contributed by atoms with Gasteiger partial charge in [-0.1, -0.05) is 23.9 Å². The number of benzene rings is 3. The molecule has 2 amide bonds. The first kappa shape index (κ1) is 22.8. The first-order valence-corrected chi connectivity index (χ1v) is 11.9. The van der Waals surface area contributed by atoms with Crippen molar-refractivity contribution >= 4 is 33.9 Å². The van der Waals surface area contributed by atoms with E-state index in [0.29, 0.717) is 29.5 Å². The van der Waals surface area contributed by atoms with E-state index in [9.17, 15) is 9.59 Å². The summed E-state index contributed by atoms with van der Waals surface area (Å²) in [6, 6.07) is 20.6. The number of imide groups is 1. The van der Waals surface area contributed by atoms with E-state index in [-0.39, 0.29) is 22.5 Å². The lowest BCUT2D eigenvalue weighted by Crippen LogP contribution is -2.25. The number of H-pyrrole nitrogens is 1. The summed E-state index contributed by atoms with van der Waals surface area (Å²) in [7, 11) is 1.63. The Labute approximate surface area is 206 Å². The van der Waals surface area contributed by atoms with Crippen molar-refractivity contribution in [2.75, 3.05) is 7.11 Å². The lowest BCUT2D eigenvalue weighted by molar-refractivity contribution is -0.118. The molecule has 1 aliphatic rings. The minimum absolute atomic E-state index is 0.239. The first-order chi connectivity index (χ1) is 17.0. The van der Waals surface area contributed by atoms with Crippen LogP contribution in [0.2, 0.25) is 0 Å². The fourth-order valence-corrected chi connectivity index (χ4v) is 4.61. The van der Waals surface area contributed by atoms with Crippen molar-refractivity contribution in [1.82, 2.24) is 15.3 Å². The molecule has 8 nitrogen and oxygen atoms in total. The minimum atomic E-state index is -0.387. The SMILES string of the molecule is COc1ccc(Oc2ccc3nc(C(C)Oc4ccc(CC5SC(=O)NC5=O)cc4)[nH]c3c2)cc1. The molecule has 2 atom stereocenters. The van der Waals surface area contributed by atoms with Gasteiger partial charge in [0.05, 0.1) is 23.4 Å². The zero-order valence-corrected chi connectivity index (χ0v) is 19.9. The molecule has 0 aliphatic carbocycles. The Morgan fingerprint density at radius 2 is 1.63 bits per heavy atom. The van der Waals surface area contributed by atoms with Crippen LogP contribution in [0.25, 0.3) is 11.0 Å². The van der Waals surface area contributed by atoms with Crippen molar-refractivity contribution in [2.45, 2.75) is 24.7 Å². The van der Waals surface area contributed by atoms with E-state index in [2.05, 4.69) is 15.3 Å². The Morgan fingerprint density at radius 3 is 2.31 bits per heavy atom. The molecule has 9 heteroatoms. The summed E-state index contributed by atoms with van der Waals surface area (Å²) in [4.78, 5) is 31.1. The van der Waals surface area contributed by atoms with Crippen LogP contribution in [-0.2, 0) is 11.2 Å². The number of carbonyl (C=O) groups is 2. The molecule has 0 saturated carbocycles. The molecule has 2 unspecified atom stereocenters. The second-order valence-corrected chi connectivity index (χ2v) is 9.25. The highest BCUT2D eigenvalue weighted by Gasteiger charge is 2.31. The van der Waals surface area contributed by atoms with Crippen molar-refractivity contribution in [1.29, 1.82) is 0 Å². The molecule has 2 heterocycles. The van der Waals surface area contributed by atoms with Crippen molar-refractivity contribution in [3.05, 3.63) is 78.1 Å². The fraction of sp³-hybridized carbons (Fsp3) is 0.192. The predicted molar refractivity (Wildman–Crippen MR) is 133 cm³/mol. The van der Waals surface area contributed by atoms with Crippen LogP contribution in [0, 0.1) is 0 Å². The van der Waals surface area contributed by atoms with Gasteiger partial charge in [-0.25, -0.2) is 4.98 Å². The molecule has 2 N–H and O–H groups in total. The summed E-state index contributed by atoms with van der Waals surface area (Å²) in [5, 5.41) is 1.63. The molecule has 0 radical (unpaired) electrons. The lowest BCUT2D eigenvalue weighted by Gasteiger charge is -2.13. The molecule has 1 aliphatic heterocycles. The number of rotatable bonds is 8. The topological polar surface area (TPSA) is 103 Å². The van der Waals surface area contributed by atoms with Crippen LogP contribution in [-0.4, -0.2) is 33.5 Å². The molecule has 1 fully saturated rings. The Bertz CT molecular complexity index is 1370. The maximum Gasteiger partial charge on any atom is 0.286 e. The molecule has 0 bridgehead atoms. The molecule has 5 rings (SSSR count). The molecule has 35 heavy (non-hydrogen) atoms. The highest BCUT2D eigenvalue weighted by molar-refractivity contribution is 8.15. The molecule has 178 valence electrons. The normalized spacial score (nSPS) is 16.2. The molecule has 3 aromatic carbocycles. The van der Waals surface area contributed by atoms with Gasteiger partial charge in [0.2, 0.25) is 5.91 Å². The summed E-state index contributed by atoms with van der Waals surface area (Å²) < 4.78 is 17.2. The van der Waals surface area contributed by atoms with Gasteiger partial charge in [0.25, 0.3) is 5.24 Å². The van der Waals surface area contributed by atoms with Crippen molar-refractivity contribution < 1.29 is 23.8 Å². The standard InChI is InChI=1S/C26H23N3O5S/c1-15(33-18-5-3-16(4-6-18)13-23-25(30)29-26(31)35-23)24-27-21-12-11-20(14-22(21)28-24)34-19-9-7-17(32-2)8-10-19/h3-12,14-15,23H,13H2,1-2H3,(H,27,28)(H,29,30,31). The van der Waals surface area contributed by atoms with Gasteiger partial charge in [0.15, 0.2) is 6.10 Å². The number of hydrogen-bond donors (Lipinski definition) is 2.